The monoisotopic (exact) mass is 376 g/mol. The summed E-state index contributed by atoms with van der Waals surface area (Å²) in [6.07, 6.45) is -0.660. The molecule has 0 bridgehead atoms. The molecule has 0 saturated carbocycles. The highest BCUT2D eigenvalue weighted by Gasteiger charge is 2.55. The van der Waals surface area contributed by atoms with Crippen LogP contribution < -0.4 is 10.6 Å². The molecule has 134 valence electrons. The van der Waals surface area contributed by atoms with Gasteiger partial charge < -0.3 is 15.4 Å². The Kier molecular flexibility index (Phi) is 5.27. The first-order valence-corrected chi connectivity index (χ1v) is 7.54. The Morgan fingerprint density at radius 3 is 2.77 bits per heavy atom. The molecule has 10 nitrogen and oxygen atoms in total. The van der Waals surface area contributed by atoms with Gasteiger partial charge >= 0.3 is 5.97 Å². The average Bonchev–Trinajstić information content (AvgIpc) is 2.60. The van der Waals surface area contributed by atoms with Gasteiger partial charge in [0.05, 0.1) is 18.1 Å². The van der Waals surface area contributed by atoms with Gasteiger partial charge in [-0.15, -0.1) is 0 Å². The van der Waals surface area contributed by atoms with Gasteiger partial charge in [-0.05, 0) is 12.2 Å². The van der Waals surface area contributed by atoms with Crippen molar-refractivity contribution in [3.8, 4) is 6.07 Å². The molecule has 1 amide bonds. The molecule has 0 aromatic heterocycles. The molecule has 26 heavy (non-hydrogen) atoms. The zero-order valence-electron chi connectivity index (χ0n) is 13.3. The number of carbonyl (C=O) groups is 3. The summed E-state index contributed by atoms with van der Waals surface area (Å²) in [6, 6.07) is 6.54. The third-order valence-electron chi connectivity index (χ3n) is 3.83. The highest BCUT2D eigenvalue weighted by Crippen LogP contribution is 2.29. The molecular weight excluding hydrogens is 364 g/mol. The fraction of sp³-hybridized carbons (Fsp3) is 0.267. The number of esters is 1. The van der Waals surface area contributed by atoms with Crippen LogP contribution in [0.4, 0.5) is 5.69 Å². The standard InChI is InChI=1S/C15H12N4O6S/c1-25-13(22)15(10(7-16)12(21)17-14(26)18-15)6-11(20)8-3-2-4-9(5-8)19(23)24/h2-5,10H,6H2,1H3,(H2,17,18,21,26)/t10-,15-/m1/s1. The first-order chi connectivity index (χ1) is 12.2. The van der Waals surface area contributed by atoms with E-state index in [1.54, 1.807) is 6.07 Å². The Balaban J connectivity index is 2.47. The molecule has 2 atom stereocenters. The number of ether oxygens (including phenoxy) is 1. The predicted molar refractivity (Wildman–Crippen MR) is 89.8 cm³/mol. The molecule has 0 unspecified atom stereocenters. The van der Waals surface area contributed by atoms with Gasteiger partial charge in [0.1, 0.15) is 0 Å². The number of amides is 1. The molecule has 11 heteroatoms. The number of ketones is 1. The van der Waals surface area contributed by atoms with Crippen LogP contribution in [0.2, 0.25) is 0 Å². The van der Waals surface area contributed by atoms with E-state index in [4.69, 9.17) is 12.2 Å². The predicted octanol–water partition coefficient (Wildman–Crippen LogP) is 0.223. The summed E-state index contributed by atoms with van der Waals surface area (Å²) in [4.78, 5) is 47.2. The summed E-state index contributed by atoms with van der Waals surface area (Å²) in [6.45, 7) is 0. The summed E-state index contributed by atoms with van der Waals surface area (Å²) < 4.78 is 4.67. The number of nitro benzene ring substituents is 1. The van der Waals surface area contributed by atoms with Gasteiger partial charge in [0.2, 0.25) is 5.91 Å². The molecule has 1 saturated heterocycles. The first-order valence-electron chi connectivity index (χ1n) is 7.14. The molecule has 1 aliphatic heterocycles. The number of nitrogens with one attached hydrogen (secondary N) is 2. The molecule has 0 spiro atoms. The number of nitro groups is 1. The van der Waals surface area contributed by atoms with Crippen molar-refractivity contribution in [2.24, 2.45) is 5.92 Å². The second kappa shape index (κ2) is 7.24. The highest BCUT2D eigenvalue weighted by molar-refractivity contribution is 7.80. The van der Waals surface area contributed by atoms with E-state index in [0.29, 0.717) is 0 Å². The Hall–Kier alpha value is -3.39. The minimum Gasteiger partial charge on any atom is -0.467 e. The van der Waals surface area contributed by atoms with E-state index in [9.17, 15) is 29.8 Å². The maximum atomic E-state index is 12.6. The number of hydrogen-bond donors (Lipinski definition) is 2. The summed E-state index contributed by atoms with van der Waals surface area (Å²) in [5, 5.41) is 24.7. The lowest BCUT2D eigenvalue weighted by Gasteiger charge is -2.38. The van der Waals surface area contributed by atoms with Crippen molar-refractivity contribution >= 4 is 40.7 Å². The maximum absolute atomic E-state index is 12.6. The molecular formula is C15H12N4O6S. The lowest BCUT2D eigenvalue weighted by atomic mass is 9.77. The Morgan fingerprint density at radius 1 is 1.50 bits per heavy atom. The van der Waals surface area contributed by atoms with Crippen molar-refractivity contribution in [3.63, 3.8) is 0 Å². The van der Waals surface area contributed by atoms with Gasteiger partial charge in [-0.1, -0.05) is 12.1 Å². The highest BCUT2D eigenvalue weighted by atomic mass is 32.1. The van der Waals surface area contributed by atoms with E-state index in [1.165, 1.54) is 18.2 Å². The van der Waals surface area contributed by atoms with Crippen molar-refractivity contribution in [2.75, 3.05) is 7.11 Å². The van der Waals surface area contributed by atoms with Gasteiger partial charge in [-0.2, -0.15) is 5.26 Å². The lowest BCUT2D eigenvalue weighted by molar-refractivity contribution is -0.384. The summed E-state index contributed by atoms with van der Waals surface area (Å²) in [5.41, 5.74) is -2.41. The molecule has 0 radical (unpaired) electrons. The van der Waals surface area contributed by atoms with Crippen molar-refractivity contribution in [2.45, 2.75) is 12.0 Å². The van der Waals surface area contributed by atoms with Gasteiger partial charge in [-0.3, -0.25) is 19.7 Å². The van der Waals surface area contributed by atoms with Crippen LogP contribution in [-0.2, 0) is 14.3 Å². The molecule has 2 N–H and O–H groups in total. The van der Waals surface area contributed by atoms with E-state index in [1.807, 2.05) is 0 Å². The SMILES string of the molecule is COC(=O)[C@]1(CC(=O)c2cccc([N+](=O)[O-])c2)NC(=S)NC(=O)[C@H]1C#N. The Morgan fingerprint density at radius 2 is 2.19 bits per heavy atom. The quantitative estimate of drug-likeness (QED) is 0.242. The van der Waals surface area contributed by atoms with Gasteiger partial charge in [-0.25, -0.2) is 4.79 Å². The number of nitrogens with zero attached hydrogens (tertiary/aromatic N) is 2. The van der Waals surface area contributed by atoms with Gasteiger partial charge in [0, 0.05) is 24.1 Å². The van der Waals surface area contributed by atoms with Crippen LogP contribution in [0.15, 0.2) is 24.3 Å². The number of benzene rings is 1. The number of methoxy groups -OCH3 is 1. The average molecular weight is 376 g/mol. The third kappa shape index (κ3) is 3.35. The molecule has 1 aromatic carbocycles. The summed E-state index contributed by atoms with van der Waals surface area (Å²) in [7, 11) is 1.04. The van der Waals surface area contributed by atoms with Crippen LogP contribution in [0, 0.1) is 27.4 Å². The third-order valence-corrected chi connectivity index (χ3v) is 4.03. The van der Waals surface area contributed by atoms with Crippen molar-refractivity contribution in [1.82, 2.24) is 10.6 Å². The summed E-state index contributed by atoms with van der Waals surface area (Å²) in [5.74, 6) is -4.18. The number of non-ortho nitro benzene ring substituents is 1. The second-order valence-electron chi connectivity index (χ2n) is 5.38. The number of thiocarbonyl (C=S) groups is 1. The largest absolute Gasteiger partial charge is 0.467 e. The number of carbonyl (C=O) groups excluding carboxylic acids is 3. The smallest absolute Gasteiger partial charge is 0.334 e. The van der Waals surface area contributed by atoms with Gasteiger partial charge in [0.25, 0.3) is 5.69 Å². The van der Waals surface area contributed by atoms with Crippen molar-refractivity contribution in [1.29, 1.82) is 5.26 Å². The number of Topliss-reactive ketones (excluding diaryl/α,β-unsaturated/α-hetero) is 1. The molecule has 2 rings (SSSR count). The summed E-state index contributed by atoms with van der Waals surface area (Å²) >= 11 is 4.86. The molecule has 1 fully saturated rings. The van der Waals surface area contributed by atoms with Crippen LogP contribution in [0.1, 0.15) is 16.8 Å². The van der Waals surface area contributed by atoms with Crippen LogP contribution in [0.25, 0.3) is 0 Å². The van der Waals surface area contributed by atoms with Crippen molar-refractivity contribution in [3.05, 3.63) is 39.9 Å². The molecule has 1 aliphatic rings. The fourth-order valence-electron chi connectivity index (χ4n) is 2.60. The van der Waals surface area contributed by atoms with E-state index in [0.717, 1.165) is 13.2 Å². The van der Waals surface area contributed by atoms with Crippen LogP contribution in [0.5, 0.6) is 0 Å². The molecule has 1 heterocycles. The second-order valence-corrected chi connectivity index (χ2v) is 5.78. The van der Waals surface area contributed by atoms with Crippen LogP contribution in [0.3, 0.4) is 0 Å². The van der Waals surface area contributed by atoms with Gasteiger partial charge in [0.15, 0.2) is 22.4 Å². The molecule has 0 aliphatic carbocycles. The van der Waals surface area contributed by atoms with E-state index in [2.05, 4.69) is 15.4 Å². The zero-order valence-corrected chi connectivity index (χ0v) is 14.2. The van der Waals surface area contributed by atoms with E-state index >= 15 is 0 Å². The van der Waals surface area contributed by atoms with E-state index in [-0.39, 0.29) is 16.4 Å². The Labute approximate surface area is 152 Å². The first kappa shape index (κ1) is 18.9. The fourth-order valence-corrected chi connectivity index (χ4v) is 2.88. The number of rotatable bonds is 5. The van der Waals surface area contributed by atoms with E-state index < -0.39 is 40.5 Å². The van der Waals surface area contributed by atoms with Crippen LogP contribution in [-0.4, -0.2) is 40.3 Å². The minimum absolute atomic E-state index is 0.0575. The minimum atomic E-state index is -2.04. The van der Waals surface area contributed by atoms with Crippen LogP contribution >= 0.6 is 12.2 Å². The maximum Gasteiger partial charge on any atom is 0.334 e. The molecule has 1 aromatic rings. The van der Waals surface area contributed by atoms with Crippen molar-refractivity contribution < 1.29 is 24.0 Å². The topological polar surface area (TPSA) is 151 Å². The zero-order chi connectivity index (χ0) is 19.5. The number of nitriles is 1. The lowest BCUT2D eigenvalue weighted by Crippen LogP contribution is -2.70. The Bertz CT molecular complexity index is 864. The number of hydrogen-bond acceptors (Lipinski definition) is 8. The normalized spacial score (nSPS) is 21.8.